The van der Waals surface area contributed by atoms with Gasteiger partial charge < -0.3 is 0 Å². The average molecular weight is 341 g/mol. The van der Waals surface area contributed by atoms with Gasteiger partial charge in [0.05, 0.1) is 5.69 Å². The van der Waals surface area contributed by atoms with Gasteiger partial charge in [-0.1, -0.05) is 30.3 Å². The maximum absolute atomic E-state index is 4.69. The summed E-state index contributed by atoms with van der Waals surface area (Å²) in [5.74, 6) is 0. The van der Waals surface area contributed by atoms with Crippen LogP contribution in [0, 0.1) is 6.92 Å². The highest BCUT2D eigenvalue weighted by Gasteiger charge is 2.18. The summed E-state index contributed by atoms with van der Waals surface area (Å²) < 4.78 is 0. The number of nitrogens with zero attached hydrogens (tertiary/aromatic N) is 1. The predicted octanol–water partition coefficient (Wildman–Crippen LogP) is 4.52. The molecule has 0 saturated carbocycles. The number of rotatable bonds is 0. The standard InChI is InChI=1S/C13H11NS.HI/c1-8-6-7-9-4-3-5-10-11(9)12(8)14-13(10)15-2;/h3-7H,1-2H3;1H. The fraction of sp³-hybridized carbons (Fsp3) is 0.154. The lowest BCUT2D eigenvalue weighted by molar-refractivity contribution is 1.45. The summed E-state index contributed by atoms with van der Waals surface area (Å²) in [5, 5.41) is 3.76. The number of halogens is 1. The van der Waals surface area contributed by atoms with Crippen LogP contribution in [-0.2, 0) is 0 Å². The molecule has 0 aliphatic carbocycles. The Bertz CT molecular complexity index is 590. The summed E-state index contributed by atoms with van der Waals surface area (Å²) in [7, 11) is 0. The predicted molar refractivity (Wildman–Crippen MR) is 83.8 cm³/mol. The normalized spacial score (nSPS) is 12.5. The monoisotopic (exact) mass is 341 g/mol. The summed E-state index contributed by atoms with van der Waals surface area (Å²) in [6, 6.07) is 10.7. The molecule has 0 N–H and O–H groups in total. The van der Waals surface area contributed by atoms with Crippen LogP contribution in [0.2, 0.25) is 0 Å². The van der Waals surface area contributed by atoms with E-state index in [1.807, 2.05) is 0 Å². The van der Waals surface area contributed by atoms with Crippen molar-refractivity contribution in [3.63, 3.8) is 0 Å². The first kappa shape index (κ1) is 11.9. The zero-order chi connectivity index (χ0) is 10.4. The highest BCUT2D eigenvalue weighted by molar-refractivity contribution is 14.0. The van der Waals surface area contributed by atoms with Crippen molar-refractivity contribution in [3.8, 4) is 0 Å². The first-order valence-corrected chi connectivity index (χ1v) is 6.19. The van der Waals surface area contributed by atoms with E-state index in [9.17, 15) is 0 Å². The van der Waals surface area contributed by atoms with E-state index in [2.05, 4.69) is 43.5 Å². The van der Waals surface area contributed by atoms with Crippen LogP contribution in [-0.4, -0.2) is 11.3 Å². The number of thioether (sulfide) groups is 1. The second-order valence-electron chi connectivity index (χ2n) is 3.76. The van der Waals surface area contributed by atoms with Crippen molar-refractivity contribution in [1.82, 2.24) is 0 Å². The minimum atomic E-state index is 0. The molecule has 3 heteroatoms. The molecule has 16 heavy (non-hydrogen) atoms. The minimum absolute atomic E-state index is 0. The van der Waals surface area contributed by atoms with Gasteiger partial charge in [-0.2, -0.15) is 0 Å². The van der Waals surface area contributed by atoms with Gasteiger partial charge in [0.2, 0.25) is 0 Å². The second kappa shape index (κ2) is 4.37. The summed E-state index contributed by atoms with van der Waals surface area (Å²) in [4.78, 5) is 4.69. The Morgan fingerprint density at radius 2 is 1.94 bits per heavy atom. The Morgan fingerprint density at radius 3 is 2.69 bits per heavy atom. The van der Waals surface area contributed by atoms with Crippen LogP contribution >= 0.6 is 35.7 Å². The van der Waals surface area contributed by atoms with Crippen molar-refractivity contribution in [1.29, 1.82) is 0 Å². The molecule has 2 aromatic rings. The van der Waals surface area contributed by atoms with Crippen LogP contribution < -0.4 is 0 Å². The number of aryl methyl sites for hydroxylation is 1. The molecule has 2 aromatic carbocycles. The Kier molecular flexibility index (Phi) is 3.26. The van der Waals surface area contributed by atoms with Crippen molar-refractivity contribution < 1.29 is 0 Å². The quantitative estimate of drug-likeness (QED) is 0.642. The molecule has 82 valence electrons. The van der Waals surface area contributed by atoms with Gasteiger partial charge in [0.25, 0.3) is 0 Å². The Balaban J connectivity index is 0.000000963. The first-order chi connectivity index (χ1) is 7.31. The molecule has 1 heterocycles. The summed E-state index contributed by atoms with van der Waals surface area (Å²) >= 11 is 1.72. The van der Waals surface area contributed by atoms with Gasteiger partial charge in [-0.25, -0.2) is 4.99 Å². The number of hydrogen-bond donors (Lipinski definition) is 0. The van der Waals surface area contributed by atoms with E-state index in [0.29, 0.717) is 0 Å². The molecule has 1 aliphatic rings. The fourth-order valence-electron chi connectivity index (χ4n) is 2.10. The van der Waals surface area contributed by atoms with Crippen molar-refractivity contribution in [2.24, 2.45) is 4.99 Å². The first-order valence-electron chi connectivity index (χ1n) is 4.96. The zero-order valence-electron chi connectivity index (χ0n) is 9.15. The smallest absolute Gasteiger partial charge is 0.104 e. The molecule has 0 bridgehead atoms. The molecule has 0 aromatic heterocycles. The fourth-order valence-corrected chi connectivity index (χ4v) is 2.68. The molecule has 0 unspecified atom stereocenters. The third-order valence-corrected chi connectivity index (χ3v) is 3.55. The topological polar surface area (TPSA) is 12.4 Å². The summed E-state index contributed by atoms with van der Waals surface area (Å²) in [6.07, 6.45) is 2.08. The molecule has 0 radical (unpaired) electrons. The van der Waals surface area contributed by atoms with Crippen LogP contribution in [0.1, 0.15) is 11.1 Å². The maximum Gasteiger partial charge on any atom is 0.104 e. The maximum atomic E-state index is 4.69. The van der Waals surface area contributed by atoms with Crippen molar-refractivity contribution >= 4 is 57.2 Å². The Hall–Kier alpha value is -0.550. The van der Waals surface area contributed by atoms with E-state index in [-0.39, 0.29) is 24.0 Å². The molecule has 1 aliphatic heterocycles. The SMILES string of the molecule is CSC1=Nc2c(C)ccc3cccc1c23.I. The van der Waals surface area contributed by atoms with Crippen LogP contribution in [0.25, 0.3) is 10.8 Å². The molecule has 3 rings (SSSR count). The Morgan fingerprint density at radius 1 is 1.12 bits per heavy atom. The lowest BCUT2D eigenvalue weighted by Crippen LogP contribution is -1.89. The molecule has 0 spiro atoms. The molecule has 0 fully saturated rings. The van der Waals surface area contributed by atoms with E-state index >= 15 is 0 Å². The van der Waals surface area contributed by atoms with Gasteiger partial charge >= 0.3 is 0 Å². The highest BCUT2D eigenvalue weighted by atomic mass is 127. The van der Waals surface area contributed by atoms with Crippen molar-refractivity contribution in [2.45, 2.75) is 6.92 Å². The minimum Gasteiger partial charge on any atom is -0.241 e. The second-order valence-corrected chi connectivity index (χ2v) is 4.55. The molecule has 0 saturated heterocycles. The third kappa shape index (κ3) is 1.57. The Labute approximate surface area is 116 Å². The van der Waals surface area contributed by atoms with Gasteiger partial charge in [0, 0.05) is 10.9 Å². The van der Waals surface area contributed by atoms with Gasteiger partial charge in [-0.15, -0.1) is 35.7 Å². The van der Waals surface area contributed by atoms with Crippen LogP contribution in [0.5, 0.6) is 0 Å². The summed E-state index contributed by atoms with van der Waals surface area (Å²) in [5.41, 5.74) is 3.71. The molecule has 0 atom stereocenters. The largest absolute Gasteiger partial charge is 0.241 e. The van der Waals surface area contributed by atoms with Crippen molar-refractivity contribution in [3.05, 3.63) is 41.5 Å². The van der Waals surface area contributed by atoms with E-state index < -0.39 is 0 Å². The van der Waals surface area contributed by atoms with Gasteiger partial charge in [-0.05, 0) is 24.1 Å². The molecule has 1 nitrogen and oxygen atoms in total. The molecular weight excluding hydrogens is 329 g/mol. The molecule has 0 amide bonds. The van der Waals surface area contributed by atoms with E-state index in [1.165, 1.54) is 21.9 Å². The third-order valence-electron chi connectivity index (χ3n) is 2.86. The van der Waals surface area contributed by atoms with Crippen LogP contribution in [0.4, 0.5) is 5.69 Å². The average Bonchev–Trinajstić information content (AvgIpc) is 2.65. The van der Waals surface area contributed by atoms with E-state index in [0.717, 1.165) is 10.7 Å². The van der Waals surface area contributed by atoms with Crippen molar-refractivity contribution in [2.75, 3.05) is 6.26 Å². The van der Waals surface area contributed by atoms with Crippen LogP contribution in [0.15, 0.2) is 35.3 Å². The van der Waals surface area contributed by atoms with E-state index in [1.54, 1.807) is 11.8 Å². The van der Waals surface area contributed by atoms with Gasteiger partial charge in [0.15, 0.2) is 0 Å². The number of benzene rings is 2. The summed E-state index contributed by atoms with van der Waals surface area (Å²) in [6.45, 7) is 2.12. The van der Waals surface area contributed by atoms with Gasteiger partial charge in [-0.3, -0.25) is 0 Å². The lowest BCUT2D eigenvalue weighted by Gasteiger charge is -2.02. The number of aliphatic imine (C=N–C) groups is 1. The zero-order valence-corrected chi connectivity index (χ0v) is 12.3. The molecular formula is C13H12INS. The lowest BCUT2D eigenvalue weighted by atomic mass is 10.0. The highest BCUT2D eigenvalue weighted by Crippen LogP contribution is 2.39. The van der Waals surface area contributed by atoms with E-state index in [4.69, 9.17) is 4.99 Å². The number of hydrogen-bond acceptors (Lipinski definition) is 2. The van der Waals surface area contributed by atoms with Gasteiger partial charge in [0.1, 0.15) is 5.04 Å². The van der Waals surface area contributed by atoms with Crippen LogP contribution in [0.3, 0.4) is 0 Å².